The molecule has 138 valence electrons. The predicted octanol–water partition coefficient (Wildman–Crippen LogP) is 3.75. The lowest BCUT2D eigenvalue weighted by atomic mass is 10.0. The summed E-state index contributed by atoms with van der Waals surface area (Å²) < 4.78 is 5.24. The maximum absolute atomic E-state index is 12.4. The molecule has 27 heavy (non-hydrogen) atoms. The Hall–Kier alpha value is -2.99. The summed E-state index contributed by atoms with van der Waals surface area (Å²) in [5.41, 5.74) is 3.15. The SMILES string of the molecule is COc1cccc(C2=NOC(CNC(=O)c3cc4cc(Cl)ccc4[nH]3)C2)c1. The van der Waals surface area contributed by atoms with Crippen LogP contribution in [0.5, 0.6) is 5.75 Å². The number of halogens is 1. The largest absolute Gasteiger partial charge is 0.497 e. The fourth-order valence-electron chi connectivity index (χ4n) is 3.04. The molecule has 0 bridgehead atoms. The molecule has 3 aromatic rings. The minimum Gasteiger partial charge on any atom is -0.497 e. The van der Waals surface area contributed by atoms with Crippen LogP contribution in [0.1, 0.15) is 22.5 Å². The number of ether oxygens (including phenoxy) is 1. The average molecular weight is 384 g/mol. The van der Waals surface area contributed by atoms with Gasteiger partial charge >= 0.3 is 0 Å². The Bertz CT molecular complexity index is 1030. The number of oxime groups is 1. The highest BCUT2D eigenvalue weighted by Crippen LogP contribution is 2.21. The highest BCUT2D eigenvalue weighted by Gasteiger charge is 2.23. The highest BCUT2D eigenvalue weighted by atomic mass is 35.5. The summed E-state index contributed by atoms with van der Waals surface area (Å²) in [6.07, 6.45) is 0.421. The number of amides is 1. The first kappa shape index (κ1) is 17.4. The maximum Gasteiger partial charge on any atom is 0.267 e. The number of hydrogen-bond acceptors (Lipinski definition) is 4. The van der Waals surface area contributed by atoms with E-state index in [4.69, 9.17) is 21.2 Å². The van der Waals surface area contributed by atoms with Gasteiger partial charge in [0.2, 0.25) is 0 Å². The number of aromatic amines is 1. The van der Waals surface area contributed by atoms with Crippen molar-refractivity contribution in [3.63, 3.8) is 0 Å². The van der Waals surface area contributed by atoms with Crippen molar-refractivity contribution in [2.45, 2.75) is 12.5 Å². The number of carbonyl (C=O) groups excluding carboxylic acids is 1. The molecule has 4 rings (SSSR count). The van der Waals surface area contributed by atoms with Crippen LogP contribution in [0.15, 0.2) is 53.7 Å². The number of carbonyl (C=O) groups is 1. The summed E-state index contributed by atoms with van der Waals surface area (Å²) in [6.45, 7) is 0.367. The lowest BCUT2D eigenvalue weighted by Crippen LogP contribution is -2.32. The Balaban J connectivity index is 1.36. The first-order chi connectivity index (χ1) is 13.1. The van der Waals surface area contributed by atoms with Crippen LogP contribution < -0.4 is 10.1 Å². The van der Waals surface area contributed by atoms with Gasteiger partial charge in [-0.25, -0.2) is 0 Å². The van der Waals surface area contributed by atoms with E-state index in [2.05, 4.69) is 15.5 Å². The number of nitrogens with one attached hydrogen (secondary N) is 2. The second-order valence-electron chi connectivity index (χ2n) is 6.33. The average Bonchev–Trinajstić information content (AvgIpc) is 3.33. The molecule has 0 saturated carbocycles. The van der Waals surface area contributed by atoms with Crippen molar-refractivity contribution in [2.24, 2.45) is 5.16 Å². The molecule has 0 saturated heterocycles. The van der Waals surface area contributed by atoms with E-state index in [1.165, 1.54) is 0 Å². The van der Waals surface area contributed by atoms with Gasteiger partial charge in [-0.2, -0.15) is 0 Å². The van der Waals surface area contributed by atoms with Crippen LogP contribution in [-0.2, 0) is 4.84 Å². The molecule has 1 unspecified atom stereocenters. The van der Waals surface area contributed by atoms with Gasteiger partial charge in [-0.3, -0.25) is 4.79 Å². The van der Waals surface area contributed by atoms with Crippen molar-refractivity contribution in [2.75, 3.05) is 13.7 Å². The second-order valence-corrected chi connectivity index (χ2v) is 6.76. The van der Waals surface area contributed by atoms with E-state index in [1.54, 1.807) is 19.2 Å². The van der Waals surface area contributed by atoms with Crippen molar-refractivity contribution >= 4 is 34.1 Å². The number of fused-ring (bicyclic) bond motifs is 1. The molecule has 2 heterocycles. The number of rotatable bonds is 5. The molecule has 1 aliphatic rings. The minimum atomic E-state index is -0.200. The van der Waals surface area contributed by atoms with Gasteiger partial charge in [0.25, 0.3) is 5.91 Å². The van der Waals surface area contributed by atoms with Crippen LogP contribution in [-0.4, -0.2) is 36.4 Å². The molecule has 1 aromatic heterocycles. The zero-order chi connectivity index (χ0) is 18.8. The molecule has 1 amide bonds. The normalized spacial score (nSPS) is 16.1. The van der Waals surface area contributed by atoms with Crippen LogP contribution in [0.3, 0.4) is 0 Å². The lowest BCUT2D eigenvalue weighted by molar-refractivity contribution is 0.0751. The fraction of sp³-hybridized carbons (Fsp3) is 0.200. The monoisotopic (exact) mass is 383 g/mol. The zero-order valence-corrected chi connectivity index (χ0v) is 15.4. The number of hydrogen-bond donors (Lipinski definition) is 2. The number of H-pyrrole nitrogens is 1. The van der Waals surface area contributed by atoms with Crippen LogP contribution in [0.2, 0.25) is 5.02 Å². The first-order valence-corrected chi connectivity index (χ1v) is 8.94. The third-order valence-electron chi connectivity index (χ3n) is 4.45. The molecule has 1 atom stereocenters. The van der Waals surface area contributed by atoms with Gasteiger partial charge in [-0.05, 0) is 36.4 Å². The van der Waals surface area contributed by atoms with E-state index < -0.39 is 0 Å². The molecule has 0 aliphatic carbocycles. The van der Waals surface area contributed by atoms with Crippen molar-refractivity contribution < 1.29 is 14.4 Å². The quantitative estimate of drug-likeness (QED) is 0.704. The molecule has 0 radical (unpaired) electrons. The molecule has 0 fully saturated rings. The fourth-order valence-corrected chi connectivity index (χ4v) is 3.22. The molecule has 2 aromatic carbocycles. The van der Waals surface area contributed by atoms with E-state index >= 15 is 0 Å². The van der Waals surface area contributed by atoms with E-state index in [0.29, 0.717) is 23.7 Å². The van der Waals surface area contributed by atoms with Crippen LogP contribution >= 0.6 is 11.6 Å². The van der Waals surface area contributed by atoms with Crippen LogP contribution in [0, 0.1) is 0 Å². The van der Waals surface area contributed by atoms with Gasteiger partial charge in [0, 0.05) is 27.9 Å². The summed E-state index contributed by atoms with van der Waals surface area (Å²) in [7, 11) is 1.63. The smallest absolute Gasteiger partial charge is 0.267 e. The van der Waals surface area contributed by atoms with E-state index in [-0.39, 0.29) is 12.0 Å². The van der Waals surface area contributed by atoms with E-state index in [1.807, 2.05) is 36.4 Å². The van der Waals surface area contributed by atoms with Crippen molar-refractivity contribution in [1.82, 2.24) is 10.3 Å². The molecule has 6 nitrogen and oxygen atoms in total. The lowest BCUT2D eigenvalue weighted by Gasteiger charge is -2.09. The zero-order valence-electron chi connectivity index (χ0n) is 14.7. The minimum absolute atomic E-state index is 0.194. The summed E-state index contributed by atoms with van der Waals surface area (Å²) in [5, 5.41) is 8.56. The van der Waals surface area contributed by atoms with Gasteiger partial charge in [-0.15, -0.1) is 0 Å². The highest BCUT2D eigenvalue weighted by molar-refractivity contribution is 6.31. The summed E-state index contributed by atoms with van der Waals surface area (Å²) in [6, 6.07) is 14.9. The third kappa shape index (κ3) is 3.75. The molecular weight excluding hydrogens is 366 g/mol. The second kappa shape index (κ2) is 7.32. The van der Waals surface area contributed by atoms with Gasteiger partial charge in [0.15, 0.2) is 0 Å². The molecule has 2 N–H and O–H groups in total. The molecular formula is C20H18ClN3O3. The van der Waals surface area contributed by atoms with Crippen LogP contribution in [0.4, 0.5) is 0 Å². The van der Waals surface area contributed by atoms with Gasteiger partial charge in [0.05, 0.1) is 19.4 Å². The topological polar surface area (TPSA) is 75.7 Å². The van der Waals surface area contributed by atoms with Gasteiger partial charge in [0.1, 0.15) is 17.5 Å². The summed E-state index contributed by atoms with van der Waals surface area (Å²) in [5.74, 6) is 0.576. The Labute approximate surface area is 161 Å². The maximum atomic E-state index is 12.4. The van der Waals surface area contributed by atoms with Crippen molar-refractivity contribution in [3.8, 4) is 5.75 Å². The van der Waals surface area contributed by atoms with Crippen LogP contribution in [0.25, 0.3) is 10.9 Å². The van der Waals surface area contributed by atoms with E-state index in [0.717, 1.165) is 27.9 Å². The third-order valence-corrected chi connectivity index (χ3v) is 4.69. The number of nitrogens with zero attached hydrogens (tertiary/aromatic N) is 1. The number of aromatic nitrogens is 1. The van der Waals surface area contributed by atoms with Gasteiger partial charge < -0.3 is 19.9 Å². The first-order valence-electron chi connectivity index (χ1n) is 8.56. The summed E-state index contributed by atoms with van der Waals surface area (Å²) >= 11 is 5.99. The molecule has 1 aliphatic heterocycles. The van der Waals surface area contributed by atoms with Crippen molar-refractivity contribution in [3.05, 3.63) is 64.8 Å². The van der Waals surface area contributed by atoms with E-state index in [9.17, 15) is 4.79 Å². The number of benzene rings is 2. The summed E-state index contributed by atoms with van der Waals surface area (Å²) in [4.78, 5) is 21.0. The predicted molar refractivity (Wildman–Crippen MR) is 105 cm³/mol. The Morgan fingerprint density at radius 2 is 2.22 bits per heavy atom. The number of methoxy groups -OCH3 is 1. The van der Waals surface area contributed by atoms with Gasteiger partial charge in [-0.1, -0.05) is 28.9 Å². The Kier molecular flexibility index (Phi) is 4.73. The Morgan fingerprint density at radius 3 is 3.07 bits per heavy atom. The Morgan fingerprint density at radius 1 is 1.33 bits per heavy atom. The standard InChI is InChI=1S/C20H18ClN3O3/c1-26-15-4-2-3-12(8-15)18-10-16(27-24-18)11-22-20(25)19-9-13-7-14(21)5-6-17(13)23-19/h2-9,16,23H,10-11H2,1H3,(H,22,25). The molecule has 7 heteroatoms. The molecule has 0 spiro atoms. The van der Waals surface area contributed by atoms with Crippen molar-refractivity contribution in [1.29, 1.82) is 0 Å².